The number of rotatable bonds is 5. The van der Waals surface area contributed by atoms with E-state index in [1.54, 1.807) is 30.8 Å². The first kappa shape index (κ1) is 20.9. The minimum absolute atomic E-state index is 0.255. The largest absolute Gasteiger partial charge is 0.350 e. The third-order valence-corrected chi connectivity index (χ3v) is 5.83. The van der Waals surface area contributed by atoms with Crippen molar-refractivity contribution < 1.29 is 4.79 Å². The second kappa shape index (κ2) is 8.40. The molecule has 2 heterocycles. The van der Waals surface area contributed by atoms with Gasteiger partial charge in [0.2, 0.25) is 5.91 Å². The van der Waals surface area contributed by atoms with E-state index in [0.29, 0.717) is 10.7 Å². The quantitative estimate of drug-likeness (QED) is 0.510. The molecule has 0 aliphatic heterocycles. The lowest BCUT2D eigenvalue weighted by Gasteiger charge is -2.18. The van der Waals surface area contributed by atoms with Crippen molar-refractivity contribution >= 4 is 28.5 Å². The fourth-order valence-electron chi connectivity index (χ4n) is 3.92. The van der Waals surface area contributed by atoms with Gasteiger partial charge in [-0.05, 0) is 36.6 Å². The molecule has 31 heavy (non-hydrogen) atoms. The third-order valence-electron chi connectivity index (χ3n) is 5.46. The van der Waals surface area contributed by atoms with Gasteiger partial charge in [0.05, 0.1) is 5.69 Å². The maximum absolute atomic E-state index is 13.2. The van der Waals surface area contributed by atoms with E-state index in [9.17, 15) is 9.59 Å². The Morgan fingerprint density at radius 2 is 1.81 bits per heavy atom. The molecule has 0 fully saturated rings. The molecule has 7 heteroatoms. The van der Waals surface area contributed by atoms with Gasteiger partial charge in [0.15, 0.2) is 0 Å². The second-order valence-electron chi connectivity index (χ2n) is 7.53. The number of aryl methyl sites for hydroxylation is 2. The van der Waals surface area contributed by atoms with Crippen molar-refractivity contribution in [3.63, 3.8) is 0 Å². The summed E-state index contributed by atoms with van der Waals surface area (Å²) in [6, 6.07) is 17.9. The number of hydrogen-bond donors (Lipinski definition) is 1. The molecule has 0 spiro atoms. The number of nitrogens with one attached hydrogen (secondary N) is 1. The van der Waals surface area contributed by atoms with Gasteiger partial charge in [0, 0.05) is 30.1 Å². The van der Waals surface area contributed by atoms with Crippen LogP contribution in [-0.2, 0) is 18.4 Å². The zero-order chi connectivity index (χ0) is 22.1. The summed E-state index contributed by atoms with van der Waals surface area (Å²) in [5, 5.41) is 8.87. The van der Waals surface area contributed by atoms with Gasteiger partial charge < -0.3 is 5.32 Å². The molecule has 0 aliphatic rings. The van der Waals surface area contributed by atoms with Crippen LogP contribution in [0.25, 0.3) is 22.2 Å². The van der Waals surface area contributed by atoms with Crippen LogP contribution in [0.15, 0.2) is 65.5 Å². The van der Waals surface area contributed by atoms with E-state index in [1.165, 1.54) is 4.57 Å². The lowest BCUT2D eigenvalue weighted by atomic mass is 10.0. The van der Waals surface area contributed by atoms with Crippen molar-refractivity contribution in [1.29, 1.82) is 0 Å². The van der Waals surface area contributed by atoms with E-state index in [4.69, 9.17) is 11.6 Å². The highest BCUT2D eigenvalue weighted by Crippen LogP contribution is 2.30. The minimum atomic E-state index is -0.725. The van der Waals surface area contributed by atoms with Gasteiger partial charge in [-0.3, -0.25) is 18.8 Å². The first-order chi connectivity index (χ1) is 14.9. The van der Waals surface area contributed by atoms with Crippen molar-refractivity contribution in [2.75, 3.05) is 0 Å². The van der Waals surface area contributed by atoms with Crippen LogP contribution in [0.5, 0.6) is 0 Å². The summed E-state index contributed by atoms with van der Waals surface area (Å²) < 4.78 is 3.17. The monoisotopic (exact) mass is 434 g/mol. The molecule has 1 atom stereocenters. The summed E-state index contributed by atoms with van der Waals surface area (Å²) in [6.07, 6.45) is 0. The van der Waals surface area contributed by atoms with Gasteiger partial charge in [0.1, 0.15) is 11.7 Å². The number of amides is 1. The molecule has 6 nitrogen and oxygen atoms in total. The normalized spacial score (nSPS) is 12.1. The maximum Gasteiger partial charge on any atom is 0.253 e. The summed E-state index contributed by atoms with van der Waals surface area (Å²) in [7, 11) is 1.79. The Morgan fingerprint density at radius 1 is 1.13 bits per heavy atom. The van der Waals surface area contributed by atoms with E-state index < -0.39 is 6.04 Å². The fraction of sp³-hybridized carbons (Fsp3) is 0.208. The summed E-state index contributed by atoms with van der Waals surface area (Å²) in [5.74, 6) is -0.269. The summed E-state index contributed by atoms with van der Waals surface area (Å²) in [4.78, 5) is 26.1. The molecular formula is C24H23ClN4O2. The van der Waals surface area contributed by atoms with Crippen LogP contribution < -0.4 is 10.9 Å². The van der Waals surface area contributed by atoms with Crippen LogP contribution in [0.4, 0.5) is 0 Å². The highest BCUT2D eigenvalue weighted by molar-refractivity contribution is 6.31. The lowest BCUT2D eigenvalue weighted by molar-refractivity contribution is -0.124. The third kappa shape index (κ3) is 3.86. The van der Waals surface area contributed by atoms with E-state index in [2.05, 4.69) is 10.4 Å². The predicted molar refractivity (Wildman–Crippen MR) is 123 cm³/mol. The Hall–Kier alpha value is -3.38. The van der Waals surface area contributed by atoms with Crippen LogP contribution >= 0.6 is 11.6 Å². The Labute approximate surface area is 185 Å². The molecule has 2 aromatic heterocycles. The van der Waals surface area contributed by atoms with Crippen molar-refractivity contribution in [3.8, 4) is 11.1 Å². The Morgan fingerprint density at radius 3 is 2.52 bits per heavy atom. The fourth-order valence-corrected chi connectivity index (χ4v) is 4.12. The lowest BCUT2D eigenvalue weighted by Crippen LogP contribution is -2.36. The number of pyridine rings is 1. The van der Waals surface area contributed by atoms with Crippen molar-refractivity contribution in [3.05, 3.63) is 87.3 Å². The SMILES string of the molecule is Cc1nn(C)c2c1c(-c1ccccc1)cc(=O)n2C(C)C(=O)NCc1ccccc1Cl. The van der Waals surface area contributed by atoms with Crippen LogP contribution in [0.3, 0.4) is 0 Å². The molecule has 0 radical (unpaired) electrons. The van der Waals surface area contributed by atoms with Crippen LogP contribution in [0.2, 0.25) is 5.02 Å². The number of halogens is 1. The van der Waals surface area contributed by atoms with Crippen molar-refractivity contribution in [2.24, 2.45) is 7.05 Å². The number of fused-ring (bicyclic) bond motifs is 1. The number of carbonyl (C=O) groups excluding carboxylic acids is 1. The minimum Gasteiger partial charge on any atom is -0.350 e. The van der Waals surface area contributed by atoms with Crippen molar-refractivity contribution in [2.45, 2.75) is 26.4 Å². The van der Waals surface area contributed by atoms with E-state index in [-0.39, 0.29) is 18.0 Å². The van der Waals surface area contributed by atoms with Crippen LogP contribution in [0, 0.1) is 6.92 Å². The number of benzene rings is 2. The zero-order valence-electron chi connectivity index (χ0n) is 17.6. The van der Waals surface area contributed by atoms with Crippen molar-refractivity contribution in [1.82, 2.24) is 19.7 Å². The molecule has 1 amide bonds. The van der Waals surface area contributed by atoms with Gasteiger partial charge >= 0.3 is 0 Å². The smallest absolute Gasteiger partial charge is 0.253 e. The Bertz CT molecular complexity index is 1320. The average molecular weight is 435 g/mol. The molecule has 0 aliphatic carbocycles. The molecular weight excluding hydrogens is 412 g/mol. The molecule has 158 valence electrons. The highest BCUT2D eigenvalue weighted by atomic mass is 35.5. The van der Waals surface area contributed by atoms with E-state index >= 15 is 0 Å². The summed E-state index contributed by atoms with van der Waals surface area (Å²) in [5.41, 5.74) is 3.72. The van der Waals surface area contributed by atoms with Crippen LogP contribution in [-0.4, -0.2) is 20.3 Å². The van der Waals surface area contributed by atoms with Gasteiger partial charge in [-0.2, -0.15) is 5.10 Å². The summed E-state index contributed by atoms with van der Waals surface area (Å²) in [6.45, 7) is 3.91. The van der Waals surface area contributed by atoms with E-state index in [1.807, 2.05) is 55.5 Å². The predicted octanol–water partition coefficient (Wildman–Crippen LogP) is 4.24. The standard InChI is InChI=1S/C24H23ClN4O2/c1-15-22-19(17-9-5-4-6-10-17)13-21(30)29(24(22)28(3)27-15)16(2)23(31)26-14-18-11-7-8-12-20(18)25/h4-13,16H,14H2,1-3H3,(H,26,31). The van der Waals surface area contributed by atoms with Gasteiger partial charge in [0.25, 0.3) is 5.56 Å². The first-order valence-electron chi connectivity index (χ1n) is 10.0. The average Bonchev–Trinajstić information content (AvgIpc) is 3.06. The molecule has 4 rings (SSSR count). The first-order valence-corrected chi connectivity index (χ1v) is 10.4. The molecule has 0 saturated carbocycles. The van der Waals surface area contributed by atoms with Gasteiger partial charge in [-0.15, -0.1) is 0 Å². The molecule has 1 unspecified atom stereocenters. The van der Waals surface area contributed by atoms with Crippen LogP contribution in [0.1, 0.15) is 24.2 Å². The zero-order valence-corrected chi connectivity index (χ0v) is 18.3. The highest BCUT2D eigenvalue weighted by Gasteiger charge is 2.24. The molecule has 2 aromatic carbocycles. The molecule has 4 aromatic rings. The number of nitrogens with zero attached hydrogens (tertiary/aromatic N) is 3. The summed E-state index contributed by atoms with van der Waals surface area (Å²) >= 11 is 6.19. The molecule has 0 saturated heterocycles. The Balaban J connectivity index is 1.76. The maximum atomic E-state index is 13.2. The topological polar surface area (TPSA) is 68.9 Å². The molecule has 0 bridgehead atoms. The number of carbonyl (C=O) groups is 1. The van der Waals surface area contributed by atoms with Gasteiger partial charge in [-0.25, -0.2) is 0 Å². The second-order valence-corrected chi connectivity index (χ2v) is 7.93. The Kier molecular flexibility index (Phi) is 5.65. The number of aromatic nitrogens is 3. The molecule has 1 N–H and O–H groups in total. The van der Waals surface area contributed by atoms with Gasteiger partial charge in [-0.1, -0.05) is 60.1 Å². The number of hydrogen-bond acceptors (Lipinski definition) is 3. The van der Waals surface area contributed by atoms with E-state index in [0.717, 1.165) is 27.8 Å².